The number of carbonyl (C=O) groups is 1. The van der Waals surface area contributed by atoms with Crippen LogP contribution >= 0.6 is 11.3 Å². The predicted octanol–water partition coefficient (Wildman–Crippen LogP) is 1.58. The van der Waals surface area contributed by atoms with Gasteiger partial charge in [0.25, 0.3) is 0 Å². The first-order valence-corrected chi connectivity index (χ1v) is 8.23. The molecule has 0 saturated carbocycles. The van der Waals surface area contributed by atoms with Crippen LogP contribution in [0.25, 0.3) is 0 Å². The minimum atomic E-state index is -4.04. The topological polar surface area (TPSA) is 104 Å². The number of thiophene rings is 1. The summed E-state index contributed by atoms with van der Waals surface area (Å²) in [5, 5.41) is 20.6. The summed E-state index contributed by atoms with van der Waals surface area (Å²) in [6, 6.07) is 0. The lowest BCUT2D eigenvalue weighted by atomic mass is 9.87. The summed E-state index contributed by atoms with van der Waals surface area (Å²) >= 11 is 0.863. The Morgan fingerprint density at radius 3 is 2.20 bits per heavy atom. The Hall–Kier alpha value is -0.960. The van der Waals surface area contributed by atoms with Gasteiger partial charge in [0.2, 0.25) is 10.0 Å². The summed E-state index contributed by atoms with van der Waals surface area (Å²) in [6.07, 6.45) is 0. The van der Waals surface area contributed by atoms with Gasteiger partial charge in [-0.25, -0.2) is 17.9 Å². The minimum absolute atomic E-state index is 0.235. The molecule has 0 aromatic carbocycles. The molecule has 0 spiro atoms. The van der Waals surface area contributed by atoms with E-state index in [1.54, 1.807) is 0 Å². The van der Waals surface area contributed by atoms with Crippen molar-refractivity contribution in [2.24, 2.45) is 0 Å². The molecule has 8 heteroatoms. The number of aliphatic hydroxyl groups is 1. The van der Waals surface area contributed by atoms with E-state index >= 15 is 0 Å². The second kappa shape index (κ2) is 5.10. The Bertz CT molecular complexity index is 623. The first-order valence-electron chi connectivity index (χ1n) is 5.87. The molecule has 1 aromatic rings. The molecule has 0 atom stereocenters. The third-order valence-corrected chi connectivity index (χ3v) is 6.36. The summed E-state index contributed by atoms with van der Waals surface area (Å²) in [4.78, 5) is 10.6. The fourth-order valence-corrected chi connectivity index (χ4v) is 4.59. The van der Waals surface area contributed by atoms with Crippen molar-refractivity contribution in [3.8, 4) is 0 Å². The summed E-state index contributed by atoms with van der Waals surface area (Å²) in [5.74, 6) is -1.29. The number of hydrogen-bond donors (Lipinski definition) is 3. The fourth-order valence-electron chi connectivity index (χ4n) is 1.43. The normalized spacial score (nSPS) is 13.5. The number of nitrogens with one attached hydrogen (secondary N) is 1. The van der Waals surface area contributed by atoms with Crippen LogP contribution < -0.4 is 4.72 Å². The second-order valence-corrected chi connectivity index (χ2v) is 8.17. The van der Waals surface area contributed by atoms with Gasteiger partial charge >= 0.3 is 5.97 Å². The van der Waals surface area contributed by atoms with Crippen molar-refractivity contribution in [1.82, 2.24) is 4.72 Å². The number of hydrogen-bond acceptors (Lipinski definition) is 5. The van der Waals surface area contributed by atoms with Crippen molar-refractivity contribution in [3.63, 3.8) is 0 Å². The van der Waals surface area contributed by atoms with Gasteiger partial charge in [-0.05, 0) is 45.6 Å². The SMILES string of the molecule is Cc1csc(C(=O)O)c1S(=O)(=O)NC(C)(C)C(C)(C)O. The van der Waals surface area contributed by atoms with E-state index in [0.29, 0.717) is 5.56 Å². The monoisotopic (exact) mass is 321 g/mol. The van der Waals surface area contributed by atoms with Crippen molar-refractivity contribution in [2.45, 2.75) is 50.7 Å². The fraction of sp³-hybridized carbons (Fsp3) is 0.583. The van der Waals surface area contributed by atoms with Gasteiger partial charge in [0.05, 0.1) is 11.1 Å². The molecule has 0 aliphatic rings. The number of carboxylic acid groups (broad SMARTS) is 1. The van der Waals surface area contributed by atoms with Crippen LogP contribution in [0.1, 0.15) is 42.9 Å². The van der Waals surface area contributed by atoms with Crippen LogP contribution in [0.3, 0.4) is 0 Å². The van der Waals surface area contributed by atoms with Crippen molar-refractivity contribution >= 4 is 27.3 Å². The van der Waals surface area contributed by atoms with Crippen LogP contribution in [0.5, 0.6) is 0 Å². The predicted molar refractivity (Wildman–Crippen MR) is 76.7 cm³/mol. The van der Waals surface area contributed by atoms with E-state index in [-0.39, 0.29) is 9.77 Å². The van der Waals surface area contributed by atoms with Crippen molar-refractivity contribution in [2.75, 3.05) is 0 Å². The van der Waals surface area contributed by atoms with Crippen molar-refractivity contribution in [1.29, 1.82) is 0 Å². The molecule has 0 aliphatic carbocycles. The van der Waals surface area contributed by atoms with E-state index < -0.39 is 27.1 Å². The van der Waals surface area contributed by atoms with Gasteiger partial charge in [0, 0.05) is 0 Å². The molecule has 114 valence electrons. The van der Waals surface area contributed by atoms with Gasteiger partial charge in [-0.1, -0.05) is 0 Å². The Morgan fingerprint density at radius 2 is 1.80 bits per heavy atom. The molecule has 0 saturated heterocycles. The molecular weight excluding hydrogens is 302 g/mol. The summed E-state index contributed by atoms with van der Waals surface area (Å²) in [6.45, 7) is 7.57. The van der Waals surface area contributed by atoms with Crippen LogP contribution in [0.4, 0.5) is 0 Å². The van der Waals surface area contributed by atoms with Crippen LogP contribution in [0, 0.1) is 6.92 Å². The Balaban J connectivity index is 3.33. The number of rotatable bonds is 5. The average Bonchev–Trinajstić information content (AvgIpc) is 2.57. The molecule has 1 rings (SSSR count). The van der Waals surface area contributed by atoms with Crippen LogP contribution in [0.2, 0.25) is 0 Å². The molecular formula is C12H19NO5S2. The van der Waals surface area contributed by atoms with E-state index in [1.165, 1.54) is 40.0 Å². The average molecular weight is 321 g/mol. The molecule has 0 unspecified atom stereocenters. The van der Waals surface area contributed by atoms with Gasteiger partial charge in [0.1, 0.15) is 9.77 Å². The van der Waals surface area contributed by atoms with Crippen molar-refractivity contribution in [3.05, 3.63) is 15.8 Å². The van der Waals surface area contributed by atoms with E-state index in [2.05, 4.69) is 4.72 Å². The highest BCUT2D eigenvalue weighted by Gasteiger charge is 2.40. The maximum Gasteiger partial charge on any atom is 0.347 e. The molecule has 6 nitrogen and oxygen atoms in total. The lowest BCUT2D eigenvalue weighted by Crippen LogP contribution is -2.57. The van der Waals surface area contributed by atoms with E-state index in [0.717, 1.165) is 11.3 Å². The van der Waals surface area contributed by atoms with Crippen molar-refractivity contribution < 1.29 is 23.4 Å². The van der Waals surface area contributed by atoms with Gasteiger partial charge in [-0.2, -0.15) is 0 Å². The van der Waals surface area contributed by atoms with Crippen LogP contribution in [0.15, 0.2) is 10.3 Å². The van der Waals surface area contributed by atoms with Crippen LogP contribution in [-0.4, -0.2) is 35.7 Å². The molecule has 0 amide bonds. The zero-order chi connectivity index (χ0) is 15.9. The number of sulfonamides is 1. The highest BCUT2D eigenvalue weighted by atomic mass is 32.2. The summed E-state index contributed by atoms with van der Waals surface area (Å²) in [5.41, 5.74) is -2.10. The van der Waals surface area contributed by atoms with Gasteiger partial charge in [0.15, 0.2) is 0 Å². The molecule has 0 aliphatic heterocycles. The van der Waals surface area contributed by atoms with Gasteiger partial charge in [-0.15, -0.1) is 11.3 Å². The first kappa shape index (κ1) is 17.1. The highest BCUT2D eigenvalue weighted by molar-refractivity contribution is 7.89. The third kappa shape index (κ3) is 3.20. The largest absolute Gasteiger partial charge is 0.477 e. The highest BCUT2D eigenvalue weighted by Crippen LogP contribution is 2.30. The lowest BCUT2D eigenvalue weighted by Gasteiger charge is -2.37. The number of carboxylic acids is 1. The Labute approximate surface area is 122 Å². The van der Waals surface area contributed by atoms with E-state index in [9.17, 15) is 18.3 Å². The summed E-state index contributed by atoms with van der Waals surface area (Å²) in [7, 11) is -4.04. The first-order chi connectivity index (χ1) is 8.79. The summed E-state index contributed by atoms with van der Waals surface area (Å²) < 4.78 is 27.2. The maximum absolute atomic E-state index is 12.4. The smallest absolute Gasteiger partial charge is 0.347 e. The van der Waals surface area contributed by atoms with E-state index in [1.807, 2.05) is 0 Å². The van der Waals surface area contributed by atoms with E-state index in [4.69, 9.17) is 5.11 Å². The van der Waals surface area contributed by atoms with Gasteiger partial charge < -0.3 is 10.2 Å². The second-order valence-electron chi connectivity index (χ2n) is 5.67. The maximum atomic E-state index is 12.4. The third-order valence-electron chi connectivity index (χ3n) is 3.30. The van der Waals surface area contributed by atoms with Crippen LogP contribution in [-0.2, 0) is 10.0 Å². The molecule has 3 N–H and O–H groups in total. The standard InChI is InChI=1S/C12H19NO5S2/c1-7-6-19-8(10(14)15)9(7)20(17,18)13-11(2,3)12(4,5)16/h6,13,16H,1-5H3,(H,14,15). The van der Waals surface area contributed by atoms with Gasteiger partial charge in [-0.3, -0.25) is 0 Å². The molecule has 0 radical (unpaired) electrons. The molecule has 20 heavy (non-hydrogen) atoms. The number of aryl methyl sites for hydroxylation is 1. The zero-order valence-electron chi connectivity index (χ0n) is 12.0. The zero-order valence-corrected chi connectivity index (χ0v) is 13.6. The molecule has 1 aromatic heterocycles. The Morgan fingerprint density at radius 1 is 1.30 bits per heavy atom. The number of aromatic carboxylic acids is 1. The quantitative estimate of drug-likeness (QED) is 0.764. The molecule has 0 bridgehead atoms. The molecule has 0 fully saturated rings. The Kier molecular flexibility index (Phi) is 4.36. The lowest BCUT2D eigenvalue weighted by molar-refractivity contribution is 0.00638. The minimum Gasteiger partial charge on any atom is -0.477 e. The molecule has 1 heterocycles.